The summed E-state index contributed by atoms with van der Waals surface area (Å²) < 4.78 is 44.3. The molecule has 0 radical (unpaired) electrons. The van der Waals surface area contributed by atoms with Crippen molar-refractivity contribution < 1.29 is 17.9 Å². The number of nitrogens with two attached hydrogens (primary N) is 1. The van der Waals surface area contributed by atoms with E-state index >= 15 is 0 Å². The van der Waals surface area contributed by atoms with Crippen LogP contribution in [0.15, 0.2) is 42.5 Å². The average molecular weight is 365 g/mol. The fourth-order valence-corrected chi connectivity index (χ4v) is 3.21. The third-order valence-electron chi connectivity index (χ3n) is 4.69. The van der Waals surface area contributed by atoms with Crippen LogP contribution in [0, 0.1) is 0 Å². The zero-order valence-electron chi connectivity index (χ0n) is 14.6. The highest BCUT2D eigenvalue weighted by atomic mass is 19.4. The summed E-state index contributed by atoms with van der Waals surface area (Å²) >= 11 is 0. The number of hydrogen-bond acceptors (Lipinski definition) is 4. The minimum absolute atomic E-state index is 0.214. The summed E-state index contributed by atoms with van der Waals surface area (Å²) in [6, 6.07) is 11.6. The molecular formula is C19H22F3N3O. The Morgan fingerprint density at radius 1 is 0.962 bits per heavy atom. The van der Waals surface area contributed by atoms with E-state index in [0.29, 0.717) is 18.8 Å². The van der Waals surface area contributed by atoms with E-state index in [1.807, 2.05) is 29.2 Å². The molecule has 0 saturated carbocycles. The molecule has 0 aromatic heterocycles. The van der Waals surface area contributed by atoms with Gasteiger partial charge < -0.3 is 20.3 Å². The van der Waals surface area contributed by atoms with Crippen LogP contribution in [0.1, 0.15) is 11.1 Å². The van der Waals surface area contributed by atoms with Gasteiger partial charge in [0, 0.05) is 44.1 Å². The molecule has 3 rings (SSSR count). The molecule has 0 spiro atoms. The lowest BCUT2D eigenvalue weighted by Gasteiger charge is -2.38. The predicted octanol–water partition coefficient (Wildman–Crippen LogP) is 3.50. The molecule has 1 heterocycles. The molecule has 1 aliphatic rings. The normalized spacial score (nSPS) is 15.3. The Balaban J connectivity index is 1.74. The molecule has 0 atom stereocenters. The first-order valence-electron chi connectivity index (χ1n) is 8.46. The van der Waals surface area contributed by atoms with E-state index < -0.39 is 11.7 Å². The Kier molecular flexibility index (Phi) is 5.27. The number of alkyl halides is 3. The van der Waals surface area contributed by atoms with Gasteiger partial charge in [-0.3, -0.25) is 0 Å². The molecule has 2 aromatic carbocycles. The molecule has 0 amide bonds. The van der Waals surface area contributed by atoms with Crippen LogP contribution in [0.2, 0.25) is 0 Å². The highest BCUT2D eigenvalue weighted by molar-refractivity contribution is 5.58. The van der Waals surface area contributed by atoms with Crippen LogP contribution in [0.5, 0.6) is 5.75 Å². The van der Waals surface area contributed by atoms with Crippen molar-refractivity contribution in [3.8, 4) is 5.75 Å². The molecule has 4 nitrogen and oxygen atoms in total. The zero-order chi connectivity index (χ0) is 18.7. The van der Waals surface area contributed by atoms with Crippen LogP contribution in [0.25, 0.3) is 0 Å². The first-order valence-corrected chi connectivity index (χ1v) is 8.46. The van der Waals surface area contributed by atoms with Crippen molar-refractivity contribution in [1.29, 1.82) is 0 Å². The highest BCUT2D eigenvalue weighted by Crippen LogP contribution is 2.34. The standard InChI is InChI=1S/C19H22F3N3O/c1-26-17-6-4-16(5-7-17)24-8-10-25(11-9-24)18-12-15(19(20,21)22)3-2-14(18)13-23/h2-7,12H,8-11,13,23H2,1H3. The number of methoxy groups -OCH3 is 1. The van der Waals surface area contributed by atoms with Crippen molar-refractivity contribution in [3.63, 3.8) is 0 Å². The van der Waals surface area contributed by atoms with Gasteiger partial charge in [-0.25, -0.2) is 0 Å². The molecular weight excluding hydrogens is 343 g/mol. The molecule has 1 saturated heterocycles. The summed E-state index contributed by atoms with van der Waals surface area (Å²) in [5.41, 5.74) is 7.49. The smallest absolute Gasteiger partial charge is 0.416 e. The van der Waals surface area contributed by atoms with Gasteiger partial charge in [-0.2, -0.15) is 13.2 Å². The third-order valence-corrected chi connectivity index (χ3v) is 4.69. The van der Waals surface area contributed by atoms with E-state index in [1.54, 1.807) is 7.11 Å². The lowest BCUT2D eigenvalue weighted by molar-refractivity contribution is -0.137. The van der Waals surface area contributed by atoms with Crippen molar-refractivity contribution in [2.75, 3.05) is 43.1 Å². The van der Waals surface area contributed by atoms with Crippen LogP contribution in [0.4, 0.5) is 24.5 Å². The van der Waals surface area contributed by atoms with Gasteiger partial charge in [0.2, 0.25) is 0 Å². The second-order valence-electron chi connectivity index (χ2n) is 6.22. The molecule has 0 aliphatic carbocycles. The van der Waals surface area contributed by atoms with Crippen molar-refractivity contribution >= 4 is 11.4 Å². The molecule has 140 valence electrons. The average Bonchev–Trinajstić information content (AvgIpc) is 2.67. The summed E-state index contributed by atoms with van der Waals surface area (Å²) in [6.07, 6.45) is -4.35. The second kappa shape index (κ2) is 7.45. The minimum Gasteiger partial charge on any atom is -0.497 e. The monoisotopic (exact) mass is 365 g/mol. The Morgan fingerprint density at radius 3 is 2.12 bits per heavy atom. The zero-order valence-corrected chi connectivity index (χ0v) is 14.6. The van der Waals surface area contributed by atoms with Crippen molar-refractivity contribution in [2.45, 2.75) is 12.7 Å². The minimum atomic E-state index is -4.35. The van der Waals surface area contributed by atoms with E-state index in [-0.39, 0.29) is 6.54 Å². The van der Waals surface area contributed by atoms with Crippen LogP contribution >= 0.6 is 0 Å². The number of rotatable bonds is 4. The Bertz CT molecular complexity index is 739. The number of ether oxygens (including phenoxy) is 1. The lowest BCUT2D eigenvalue weighted by Crippen LogP contribution is -2.47. The summed E-state index contributed by atoms with van der Waals surface area (Å²) in [6.45, 7) is 2.95. The maximum Gasteiger partial charge on any atom is 0.416 e. The van der Waals surface area contributed by atoms with E-state index in [1.165, 1.54) is 12.1 Å². The van der Waals surface area contributed by atoms with Gasteiger partial charge in [0.1, 0.15) is 5.75 Å². The molecule has 0 unspecified atom stereocenters. The number of halogens is 3. The van der Waals surface area contributed by atoms with Gasteiger partial charge in [-0.15, -0.1) is 0 Å². The van der Waals surface area contributed by atoms with Crippen LogP contribution < -0.4 is 20.3 Å². The third kappa shape index (κ3) is 3.88. The topological polar surface area (TPSA) is 41.7 Å². The SMILES string of the molecule is COc1ccc(N2CCN(c3cc(C(F)(F)F)ccc3CN)CC2)cc1. The Labute approximate surface area is 151 Å². The fourth-order valence-electron chi connectivity index (χ4n) is 3.21. The number of piperazine rings is 1. The molecule has 7 heteroatoms. The van der Waals surface area contributed by atoms with Crippen LogP contribution in [0.3, 0.4) is 0 Å². The fraction of sp³-hybridized carbons (Fsp3) is 0.368. The van der Waals surface area contributed by atoms with Gasteiger partial charge in [0.15, 0.2) is 0 Å². The number of hydrogen-bond donors (Lipinski definition) is 1. The number of benzene rings is 2. The van der Waals surface area contributed by atoms with Crippen LogP contribution in [-0.2, 0) is 12.7 Å². The van der Waals surface area contributed by atoms with Crippen molar-refractivity contribution in [2.24, 2.45) is 5.73 Å². The lowest BCUT2D eigenvalue weighted by atomic mass is 10.1. The summed E-state index contributed by atoms with van der Waals surface area (Å²) in [4.78, 5) is 4.20. The van der Waals surface area contributed by atoms with Crippen molar-refractivity contribution in [1.82, 2.24) is 0 Å². The van der Waals surface area contributed by atoms with Gasteiger partial charge in [-0.1, -0.05) is 6.07 Å². The van der Waals surface area contributed by atoms with Gasteiger partial charge in [0.05, 0.1) is 12.7 Å². The molecule has 2 N–H and O–H groups in total. The van der Waals surface area contributed by atoms with Crippen LogP contribution in [-0.4, -0.2) is 33.3 Å². The van der Waals surface area contributed by atoms with E-state index in [9.17, 15) is 13.2 Å². The first-order chi connectivity index (χ1) is 12.4. The number of anilines is 2. The molecule has 0 bridgehead atoms. The summed E-state index contributed by atoms with van der Waals surface area (Å²) in [5, 5.41) is 0. The maximum atomic E-state index is 13.0. The molecule has 1 aliphatic heterocycles. The predicted molar refractivity (Wildman–Crippen MR) is 96.8 cm³/mol. The summed E-state index contributed by atoms with van der Waals surface area (Å²) in [7, 11) is 1.62. The van der Waals surface area contributed by atoms with Gasteiger partial charge in [-0.05, 0) is 42.0 Å². The largest absolute Gasteiger partial charge is 0.497 e. The van der Waals surface area contributed by atoms with E-state index in [2.05, 4.69) is 4.90 Å². The molecule has 26 heavy (non-hydrogen) atoms. The molecule has 1 fully saturated rings. The maximum absolute atomic E-state index is 13.0. The number of nitrogens with zero attached hydrogens (tertiary/aromatic N) is 2. The molecule has 2 aromatic rings. The van der Waals surface area contributed by atoms with E-state index in [4.69, 9.17) is 10.5 Å². The van der Waals surface area contributed by atoms with E-state index in [0.717, 1.165) is 36.2 Å². The quantitative estimate of drug-likeness (QED) is 0.901. The highest BCUT2D eigenvalue weighted by Gasteiger charge is 2.32. The Morgan fingerprint density at radius 2 is 1.58 bits per heavy atom. The van der Waals surface area contributed by atoms with Gasteiger partial charge in [0.25, 0.3) is 0 Å². The second-order valence-corrected chi connectivity index (χ2v) is 6.22. The first kappa shape index (κ1) is 18.4. The Hall–Kier alpha value is -2.41. The van der Waals surface area contributed by atoms with Crippen molar-refractivity contribution in [3.05, 3.63) is 53.6 Å². The summed E-state index contributed by atoms with van der Waals surface area (Å²) in [5.74, 6) is 0.795. The van der Waals surface area contributed by atoms with Gasteiger partial charge >= 0.3 is 6.18 Å².